The van der Waals surface area contributed by atoms with Crippen LogP contribution in [0.25, 0.3) is 0 Å². The molecule has 0 aliphatic heterocycles. The Bertz CT molecular complexity index is 768. The Morgan fingerprint density at radius 3 is 2.26 bits per heavy atom. The quantitative estimate of drug-likeness (QED) is 0.766. The fraction of sp³-hybridized carbons (Fsp3) is 0.350. The maximum absolute atomic E-state index is 12.8. The molecule has 2 aromatic rings. The van der Waals surface area contributed by atoms with Gasteiger partial charge in [0.25, 0.3) is 0 Å². The van der Waals surface area contributed by atoms with Crippen LogP contribution in [0.3, 0.4) is 0 Å². The van der Waals surface area contributed by atoms with Gasteiger partial charge in [-0.2, -0.15) is 13.2 Å². The number of rotatable bonds is 7. The number of hydrogen-bond acceptors (Lipinski definition) is 3. The highest BCUT2D eigenvalue weighted by atomic mass is 19.4. The van der Waals surface area contributed by atoms with Gasteiger partial charge in [-0.25, -0.2) is 0 Å². The molecule has 0 saturated carbocycles. The number of carbonyl (C=O) groups is 1. The molecule has 0 fully saturated rings. The smallest absolute Gasteiger partial charge is 0.416 e. The molecule has 1 amide bonds. The summed E-state index contributed by atoms with van der Waals surface area (Å²) in [6.45, 7) is 1.65. The third kappa shape index (κ3) is 5.91. The largest absolute Gasteiger partial charge is 0.497 e. The standard InChI is InChI=1S/C20H22F3NO3/c1-13(15-5-4-6-16(11-15)20(21,22)23)24-19(25)8-7-14-9-17(26-2)12-18(10-14)27-3/h4-6,9-13H,7-8H2,1-3H3,(H,24,25). The van der Waals surface area contributed by atoms with Crippen molar-refractivity contribution in [3.8, 4) is 11.5 Å². The van der Waals surface area contributed by atoms with E-state index in [0.717, 1.165) is 17.7 Å². The summed E-state index contributed by atoms with van der Waals surface area (Å²) in [6.07, 6.45) is -3.76. The van der Waals surface area contributed by atoms with Gasteiger partial charge in [-0.3, -0.25) is 4.79 Å². The predicted octanol–water partition coefficient (Wildman–Crippen LogP) is 4.53. The van der Waals surface area contributed by atoms with Crippen molar-refractivity contribution in [2.45, 2.75) is 32.0 Å². The number of nitrogens with one attached hydrogen (secondary N) is 1. The summed E-state index contributed by atoms with van der Waals surface area (Å²) >= 11 is 0. The van der Waals surface area contributed by atoms with Crippen LogP contribution in [0.5, 0.6) is 11.5 Å². The van der Waals surface area contributed by atoms with Crippen molar-refractivity contribution in [3.63, 3.8) is 0 Å². The van der Waals surface area contributed by atoms with Crippen molar-refractivity contribution in [2.24, 2.45) is 0 Å². The van der Waals surface area contributed by atoms with Gasteiger partial charge in [-0.15, -0.1) is 0 Å². The van der Waals surface area contributed by atoms with Crippen molar-refractivity contribution in [1.29, 1.82) is 0 Å². The van der Waals surface area contributed by atoms with Gasteiger partial charge >= 0.3 is 6.18 Å². The van der Waals surface area contributed by atoms with E-state index in [4.69, 9.17) is 9.47 Å². The van der Waals surface area contributed by atoms with Gasteiger partial charge in [-0.1, -0.05) is 12.1 Å². The number of ether oxygens (including phenoxy) is 2. The zero-order valence-electron chi connectivity index (χ0n) is 15.4. The van der Waals surface area contributed by atoms with Crippen molar-refractivity contribution < 1.29 is 27.4 Å². The van der Waals surface area contributed by atoms with Gasteiger partial charge in [0.15, 0.2) is 0 Å². The summed E-state index contributed by atoms with van der Waals surface area (Å²) in [6, 6.07) is 9.79. The Kier molecular flexibility index (Phi) is 6.71. The molecule has 1 N–H and O–H groups in total. The first kappa shape index (κ1) is 20.6. The molecule has 0 bridgehead atoms. The summed E-state index contributed by atoms with van der Waals surface area (Å²) in [5.41, 5.74) is 0.541. The molecular weight excluding hydrogens is 359 g/mol. The first-order chi connectivity index (χ1) is 12.7. The minimum atomic E-state index is -4.41. The Balaban J connectivity index is 1.98. The zero-order chi connectivity index (χ0) is 20.0. The predicted molar refractivity (Wildman–Crippen MR) is 95.9 cm³/mol. The first-order valence-electron chi connectivity index (χ1n) is 8.41. The van der Waals surface area contributed by atoms with Crippen LogP contribution < -0.4 is 14.8 Å². The van der Waals surface area contributed by atoms with Crippen LogP contribution in [0.4, 0.5) is 13.2 Å². The van der Waals surface area contributed by atoms with Gasteiger partial charge in [-0.05, 0) is 48.7 Å². The first-order valence-corrected chi connectivity index (χ1v) is 8.41. The van der Waals surface area contributed by atoms with Crippen molar-refractivity contribution in [1.82, 2.24) is 5.32 Å². The molecule has 146 valence electrons. The molecule has 0 aromatic heterocycles. The van der Waals surface area contributed by atoms with Crippen LogP contribution in [0.15, 0.2) is 42.5 Å². The lowest BCUT2D eigenvalue weighted by Crippen LogP contribution is -2.27. The number of carbonyl (C=O) groups excluding carboxylic acids is 1. The average Bonchev–Trinajstić information content (AvgIpc) is 2.65. The van der Waals surface area contributed by atoms with Gasteiger partial charge in [0.1, 0.15) is 11.5 Å². The zero-order valence-corrected chi connectivity index (χ0v) is 15.4. The molecule has 1 unspecified atom stereocenters. The summed E-state index contributed by atoms with van der Waals surface area (Å²) in [4.78, 5) is 12.2. The molecule has 0 heterocycles. The Morgan fingerprint density at radius 2 is 1.70 bits per heavy atom. The third-order valence-electron chi connectivity index (χ3n) is 4.14. The molecule has 27 heavy (non-hydrogen) atoms. The molecule has 2 rings (SSSR count). The van der Waals surface area contributed by atoms with E-state index in [9.17, 15) is 18.0 Å². The average molecular weight is 381 g/mol. The van der Waals surface area contributed by atoms with E-state index in [1.54, 1.807) is 33.3 Å². The van der Waals surface area contributed by atoms with Crippen LogP contribution in [-0.2, 0) is 17.4 Å². The van der Waals surface area contributed by atoms with Crippen LogP contribution in [0.1, 0.15) is 36.1 Å². The SMILES string of the molecule is COc1cc(CCC(=O)NC(C)c2cccc(C(F)(F)F)c2)cc(OC)c1. The topological polar surface area (TPSA) is 47.6 Å². The van der Waals surface area contributed by atoms with Crippen LogP contribution in [0, 0.1) is 0 Å². The van der Waals surface area contributed by atoms with Crippen molar-refractivity contribution in [3.05, 3.63) is 59.2 Å². The van der Waals surface area contributed by atoms with Crippen LogP contribution in [0.2, 0.25) is 0 Å². The molecule has 0 saturated heterocycles. The second-order valence-corrected chi connectivity index (χ2v) is 6.13. The van der Waals surface area contributed by atoms with E-state index in [2.05, 4.69) is 5.32 Å². The number of alkyl halides is 3. The van der Waals surface area contributed by atoms with Gasteiger partial charge < -0.3 is 14.8 Å². The lowest BCUT2D eigenvalue weighted by Gasteiger charge is -2.16. The van der Waals surface area contributed by atoms with Crippen molar-refractivity contribution >= 4 is 5.91 Å². The Hall–Kier alpha value is -2.70. The monoisotopic (exact) mass is 381 g/mol. The lowest BCUT2D eigenvalue weighted by molar-refractivity contribution is -0.137. The summed E-state index contributed by atoms with van der Waals surface area (Å²) in [7, 11) is 3.09. The summed E-state index contributed by atoms with van der Waals surface area (Å²) in [5, 5.41) is 2.73. The van der Waals surface area contributed by atoms with Crippen LogP contribution >= 0.6 is 0 Å². The number of halogens is 3. The molecule has 0 aliphatic carbocycles. The second kappa shape index (κ2) is 8.79. The molecule has 0 spiro atoms. The fourth-order valence-electron chi connectivity index (χ4n) is 2.65. The number of benzene rings is 2. The normalized spacial score (nSPS) is 12.4. The molecule has 4 nitrogen and oxygen atoms in total. The fourth-order valence-corrected chi connectivity index (χ4v) is 2.65. The highest BCUT2D eigenvalue weighted by Crippen LogP contribution is 2.30. The highest BCUT2D eigenvalue weighted by molar-refractivity contribution is 5.76. The van der Waals surface area contributed by atoms with Gasteiger partial charge in [0.05, 0.1) is 25.8 Å². The number of aryl methyl sites for hydroxylation is 1. The number of amides is 1. The van der Waals surface area contributed by atoms with Crippen LogP contribution in [-0.4, -0.2) is 20.1 Å². The number of methoxy groups -OCH3 is 2. The van der Waals surface area contributed by atoms with E-state index in [1.807, 2.05) is 12.1 Å². The van der Waals surface area contributed by atoms with E-state index in [1.165, 1.54) is 6.07 Å². The molecular formula is C20H22F3NO3. The van der Waals surface area contributed by atoms with Gasteiger partial charge in [0.2, 0.25) is 5.91 Å². The molecule has 7 heteroatoms. The Labute approximate surface area is 156 Å². The number of hydrogen-bond donors (Lipinski definition) is 1. The minimum Gasteiger partial charge on any atom is -0.497 e. The third-order valence-corrected chi connectivity index (χ3v) is 4.14. The minimum absolute atomic E-state index is 0.194. The second-order valence-electron chi connectivity index (χ2n) is 6.13. The van der Waals surface area contributed by atoms with E-state index in [-0.39, 0.29) is 12.3 Å². The van der Waals surface area contributed by atoms with Gasteiger partial charge in [0, 0.05) is 12.5 Å². The highest BCUT2D eigenvalue weighted by Gasteiger charge is 2.30. The summed E-state index contributed by atoms with van der Waals surface area (Å²) in [5.74, 6) is 1.01. The lowest BCUT2D eigenvalue weighted by atomic mass is 10.0. The molecule has 0 aliphatic rings. The molecule has 2 aromatic carbocycles. The molecule has 1 atom stereocenters. The van der Waals surface area contributed by atoms with Crippen molar-refractivity contribution in [2.75, 3.05) is 14.2 Å². The molecule has 0 radical (unpaired) electrons. The summed E-state index contributed by atoms with van der Waals surface area (Å²) < 4.78 is 48.8. The van der Waals surface area contributed by atoms with E-state index in [0.29, 0.717) is 23.5 Å². The van der Waals surface area contributed by atoms with E-state index >= 15 is 0 Å². The van der Waals surface area contributed by atoms with E-state index < -0.39 is 17.8 Å². The Morgan fingerprint density at radius 1 is 1.07 bits per heavy atom. The maximum Gasteiger partial charge on any atom is 0.416 e. The maximum atomic E-state index is 12.8.